The topological polar surface area (TPSA) is 63.2 Å². The summed E-state index contributed by atoms with van der Waals surface area (Å²) in [5.74, 6) is 1.01. The van der Waals surface area contributed by atoms with Gasteiger partial charge in [-0.25, -0.2) is 4.98 Å². The number of aromatic nitrogens is 1. The molecule has 21 heavy (non-hydrogen) atoms. The van der Waals surface area contributed by atoms with E-state index in [4.69, 9.17) is 16.3 Å². The molecule has 0 atom stereocenters. The molecular weight excluding hydrogens is 290 g/mol. The molecule has 0 spiro atoms. The van der Waals surface area contributed by atoms with Gasteiger partial charge in [-0.2, -0.15) is 0 Å². The molecular formula is C15H16ClN3O2. The number of halogens is 1. The van der Waals surface area contributed by atoms with Crippen molar-refractivity contribution in [1.29, 1.82) is 0 Å². The van der Waals surface area contributed by atoms with Gasteiger partial charge in [0.1, 0.15) is 17.3 Å². The predicted octanol–water partition coefficient (Wildman–Crippen LogP) is 2.72. The molecule has 0 saturated carbocycles. The summed E-state index contributed by atoms with van der Waals surface area (Å²) in [4.78, 5) is 16.3. The molecule has 0 unspecified atom stereocenters. The third kappa shape index (κ3) is 3.86. The molecule has 0 aliphatic heterocycles. The molecule has 110 valence electrons. The Morgan fingerprint density at radius 2 is 2.14 bits per heavy atom. The number of carbonyl (C=O) groups excluding carboxylic acids is 1. The Bertz CT molecular complexity index is 647. The van der Waals surface area contributed by atoms with Crippen LogP contribution in [-0.2, 0) is 6.54 Å². The van der Waals surface area contributed by atoms with E-state index in [1.54, 1.807) is 26.3 Å². The highest BCUT2D eigenvalue weighted by Gasteiger charge is 2.12. The predicted molar refractivity (Wildman–Crippen MR) is 83.0 cm³/mol. The van der Waals surface area contributed by atoms with E-state index in [-0.39, 0.29) is 11.6 Å². The van der Waals surface area contributed by atoms with Crippen molar-refractivity contribution in [3.8, 4) is 5.75 Å². The minimum Gasteiger partial charge on any atom is -0.497 e. The lowest BCUT2D eigenvalue weighted by Gasteiger charge is -2.08. The van der Waals surface area contributed by atoms with Gasteiger partial charge in [0, 0.05) is 13.6 Å². The fourth-order valence-electron chi connectivity index (χ4n) is 1.79. The first-order chi connectivity index (χ1) is 10.1. The molecule has 0 aliphatic rings. The van der Waals surface area contributed by atoms with Crippen LogP contribution in [0.2, 0.25) is 5.02 Å². The van der Waals surface area contributed by atoms with Crippen LogP contribution in [0.1, 0.15) is 16.1 Å². The Labute approximate surface area is 128 Å². The SMILES string of the molecule is CNc1ccc(Cl)c(C(=O)NCc2cccc(OC)c2)n1. The van der Waals surface area contributed by atoms with Gasteiger partial charge in [-0.1, -0.05) is 23.7 Å². The number of ether oxygens (including phenoxy) is 1. The van der Waals surface area contributed by atoms with Crippen molar-refractivity contribution < 1.29 is 9.53 Å². The smallest absolute Gasteiger partial charge is 0.271 e. The minimum absolute atomic E-state index is 0.200. The summed E-state index contributed by atoms with van der Waals surface area (Å²) in [7, 11) is 3.33. The summed E-state index contributed by atoms with van der Waals surface area (Å²) in [6.45, 7) is 0.373. The second-order valence-corrected chi connectivity index (χ2v) is 4.72. The van der Waals surface area contributed by atoms with E-state index in [2.05, 4.69) is 15.6 Å². The Balaban J connectivity index is 2.07. The number of anilines is 1. The monoisotopic (exact) mass is 305 g/mol. The van der Waals surface area contributed by atoms with Crippen LogP contribution in [-0.4, -0.2) is 25.0 Å². The van der Waals surface area contributed by atoms with Crippen LogP contribution in [0.3, 0.4) is 0 Å². The molecule has 2 N–H and O–H groups in total. The highest BCUT2D eigenvalue weighted by atomic mass is 35.5. The number of benzene rings is 1. The van der Waals surface area contributed by atoms with Crippen molar-refractivity contribution in [2.24, 2.45) is 0 Å². The number of nitrogens with one attached hydrogen (secondary N) is 2. The Morgan fingerprint density at radius 1 is 1.33 bits per heavy atom. The van der Waals surface area contributed by atoms with Crippen molar-refractivity contribution in [2.75, 3.05) is 19.5 Å². The summed E-state index contributed by atoms with van der Waals surface area (Å²) < 4.78 is 5.14. The molecule has 6 heteroatoms. The second-order valence-electron chi connectivity index (χ2n) is 4.31. The van der Waals surface area contributed by atoms with E-state index < -0.39 is 0 Å². The molecule has 1 amide bonds. The molecule has 0 bridgehead atoms. The number of hydrogen-bond donors (Lipinski definition) is 2. The lowest BCUT2D eigenvalue weighted by atomic mass is 10.2. The zero-order valence-corrected chi connectivity index (χ0v) is 12.6. The number of carbonyl (C=O) groups is 1. The highest BCUT2D eigenvalue weighted by Crippen LogP contribution is 2.17. The normalized spacial score (nSPS) is 10.0. The summed E-state index contributed by atoms with van der Waals surface area (Å²) in [6, 6.07) is 10.8. The third-order valence-electron chi connectivity index (χ3n) is 2.90. The molecule has 0 radical (unpaired) electrons. The van der Waals surface area contributed by atoms with Crippen LogP contribution >= 0.6 is 11.6 Å². The number of methoxy groups -OCH3 is 1. The van der Waals surface area contributed by atoms with Crippen molar-refractivity contribution in [3.05, 3.63) is 52.7 Å². The Hall–Kier alpha value is -2.27. The van der Waals surface area contributed by atoms with E-state index in [1.165, 1.54) is 0 Å². The lowest BCUT2D eigenvalue weighted by molar-refractivity contribution is 0.0946. The van der Waals surface area contributed by atoms with Gasteiger partial charge in [-0.05, 0) is 29.8 Å². The average Bonchev–Trinajstić information content (AvgIpc) is 2.53. The third-order valence-corrected chi connectivity index (χ3v) is 3.21. The minimum atomic E-state index is -0.320. The van der Waals surface area contributed by atoms with Gasteiger partial charge in [0.25, 0.3) is 5.91 Å². The van der Waals surface area contributed by atoms with Crippen LogP contribution in [0.15, 0.2) is 36.4 Å². The molecule has 1 aromatic heterocycles. The van der Waals surface area contributed by atoms with Crippen LogP contribution in [0.25, 0.3) is 0 Å². The number of pyridine rings is 1. The van der Waals surface area contributed by atoms with Crippen LogP contribution in [0.5, 0.6) is 5.75 Å². The molecule has 1 aromatic carbocycles. The fraction of sp³-hybridized carbons (Fsp3) is 0.200. The van der Waals surface area contributed by atoms with Gasteiger partial charge in [-0.3, -0.25) is 4.79 Å². The van der Waals surface area contributed by atoms with E-state index >= 15 is 0 Å². The second kappa shape index (κ2) is 6.95. The van der Waals surface area contributed by atoms with E-state index in [1.807, 2.05) is 24.3 Å². The maximum absolute atomic E-state index is 12.1. The maximum atomic E-state index is 12.1. The molecule has 2 rings (SSSR count). The molecule has 0 saturated heterocycles. The first-order valence-corrected chi connectivity index (χ1v) is 6.77. The van der Waals surface area contributed by atoms with Crippen molar-refractivity contribution in [2.45, 2.75) is 6.54 Å². The molecule has 1 heterocycles. The van der Waals surface area contributed by atoms with Crippen molar-refractivity contribution in [3.63, 3.8) is 0 Å². The zero-order valence-electron chi connectivity index (χ0n) is 11.8. The van der Waals surface area contributed by atoms with Gasteiger partial charge >= 0.3 is 0 Å². The van der Waals surface area contributed by atoms with Crippen molar-refractivity contribution >= 4 is 23.3 Å². The number of nitrogens with zero attached hydrogens (tertiary/aromatic N) is 1. The Morgan fingerprint density at radius 3 is 2.86 bits per heavy atom. The average molecular weight is 306 g/mol. The fourth-order valence-corrected chi connectivity index (χ4v) is 1.98. The maximum Gasteiger partial charge on any atom is 0.271 e. The van der Waals surface area contributed by atoms with Crippen LogP contribution in [0, 0.1) is 0 Å². The summed E-state index contributed by atoms with van der Waals surface area (Å²) in [6.07, 6.45) is 0. The van der Waals surface area contributed by atoms with Gasteiger partial charge < -0.3 is 15.4 Å². The number of amides is 1. The van der Waals surface area contributed by atoms with Gasteiger partial charge in [0.15, 0.2) is 0 Å². The lowest BCUT2D eigenvalue weighted by Crippen LogP contribution is -2.24. The highest BCUT2D eigenvalue weighted by molar-refractivity contribution is 6.33. The standard InChI is InChI=1S/C15H16ClN3O2/c1-17-13-7-6-12(16)14(19-13)15(20)18-9-10-4-3-5-11(8-10)21-2/h3-8H,9H2,1-2H3,(H,17,19)(H,18,20). The van der Waals surface area contributed by atoms with Crippen LogP contribution < -0.4 is 15.4 Å². The first-order valence-electron chi connectivity index (χ1n) is 6.39. The number of hydrogen-bond acceptors (Lipinski definition) is 4. The first kappa shape index (κ1) is 15.1. The van der Waals surface area contributed by atoms with E-state index in [0.717, 1.165) is 11.3 Å². The molecule has 0 aliphatic carbocycles. The zero-order chi connectivity index (χ0) is 15.2. The van der Waals surface area contributed by atoms with Gasteiger partial charge in [-0.15, -0.1) is 0 Å². The van der Waals surface area contributed by atoms with E-state index in [9.17, 15) is 4.79 Å². The summed E-state index contributed by atoms with van der Waals surface area (Å²) >= 11 is 6.01. The summed E-state index contributed by atoms with van der Waals surface area (Å²) in [5, 5.41) is 5.98. The quantitative estimate of drug-likeness (QED) is 0.891. The van der Waals surface area contributed by atoms with Crippen LogP contribution in [0.4, 0.5) is 5.82 Å². The van der Waals surface area contributed by atoms with Gasteiger partial charge in [0.05, 0.1) is 12.1 Å². The summed E-state index contributed by atoms with van der Waals surface area (Å²) in [5.41, 5.74) is 1.13. The van der Waals surface area contributed by atoms with Gasteiger partial charge in [0.2, 0.25) is 0 Å². The molecule has 2 aromatic rings. The largest absolute Gasteiger partial charge is 0.497 e. The molecule has 0 fully saturated rings. The van der Waals surface area contributed by atoms with E-state index in [0.29, 0.717) is 17.4 Å². The Kier molecular flexibility index (Phi) is 5.00. The molecule has 5 nitrogen and oxygen atoms in total. The number of rotatable bonds is 5. The van der Waals surface area contributed by atoms with Crippen molar-refractivity contribution in [1.82, 2.24) is 10.3 Å².